The van der Waals surface area contributed by atoms with Crippen LogP contribution in [0.1, 0.15) is 10.4 Å². The molecule has 2 N–H and O–H groups in total. The van der Waals surface area contributed by atoms with Crippen molar-refractivity contribution in [2.75, 3.05) is 18.2 Å². The number of aromatic nitrogens is 1. The van der Waals surface area contributed by atoms with E-state index in [0.717, 1.165) is 0 Å². The standard InChI is InChI=1S/C16H16N4O3S/c21-14(9-20-11-24-10-15(20)22)17-18-16(23)12-5-1-2-6-13(12)19-7-3-4-8-19/h1-8H,9-11H2,(H,17,21)(H,18,23). The second-order valence-electron chi connectivity index (χ2n) is 5.18. The van der Waals surface area contributed by atoms with Crippen LogP contribution in [0, 0.1) is 0 Å². The molecule has 1 saturated heterocycles. The van der Waals surface area contributed by atoms with Crippen molar-refractivity contribution in [1.82, 2.24) is 20.3 Å². The minimum atomic E-state index is -0.433. The van der Waals surface area contributed by atoms with Gasteiger partial charge in [-0.3, -0.25) is 25.2 Å². The summed E-state index contributed by atoms with van der Waals surface area (Å²) in [5.74, 6) is -0.0348. The highest BCUT2D eigenvalue weighted by Gasteiger charge is 2.23. The number of thioether (sulfide) groups is 1. The van der Waals surface area contributed by atoms with Crippen molar-refractivity contribution in [3.63, 3.8) is 0 Å². The van der Waals surface area contributed by atoms with Gasteiger partial charge in [0, 0.05) is 12.4 Å². The van der Waals surface area contributed by atoms with Crippen LogP contribution in [0.3, 0.4) is 0 Å². The third-order valence-electron chi connectivity index (χ3n) is 3.51. The van der Waals surface area contributed by atoms with Gasteiger partial charge in [0.1, 0.15) is 6.54 Å². The molecule has 0 spiro atoms. The highest BCUT2D eigenvalue weighted by molar-refractivity contribution is 8.00. The van der Waals surface area contributed by atoms with Crippen LogP contribution in [0.5, 0.6) is 0 Å². The smallest absolute Gasteiger partial charge is 0.271 e. The Morgan fingerprint density at radius 1 is 1.08 bits per heavy atom. The highest BCUT2D eigenvalue weighted by atomic mass is 32.2. The number of hydrogen-bond acceptors (Lipinski definition) is 4. The molecule has 0 aliphatic carbocycles. The lowest BCUT2D eigenvalue weighted by Gasteiger charge is -2.15. The van der Waals surface area contributed by atoms with Crippen LogP contribution in [0.15, 0.2) is 48.8 Å². The van der Waals surface area contributed by atoms with E-state index in [4.69, 9.17) is 0 Å². The number of nitrogens with one attached hydrogen (secondary N) is 2. The minimum Gasteiger partial charge on any atom is -0.323 e. The summed E-state index contributed by atoms with van der Waals surface area (Å²) in [5.41, 5.74) is 5.88. The summed E-state index contributed by atoms with van der Waals surface area (Å²) < 4.78 is 1.82. The molecule has 1 fully saturated rings. The summed E-state index contributed by atoms with van der Waals surface area (Å²) in [6.07, 6.45) is 3.67. The van der Waals surface area contributed by atoms with Gasteiger partial charge in [-0.05, 0) is 24.3 Å². The maximum atomic E-state index is 12.3. The van der Waals surface area contributed by atoms with Crippen LogP contribution >= 0.6 is 11.8 Å². The molecule has 24 heavy (non-hydrogen) atoms. The van der Waals surface area contributed by atoms with Crippen molar-refractivity contribution >= 4 is 29.5 Å². The quantitative estimate of drug-likeness (QED) is 0.803. The molecule has 0 atom stereocenters. The van der Waals surface area contributed by atoms with E-state index in [1.165, 1.54) is 16.7 Å². The average Bonchev–Trinajstić information content (AvgIpc) is 3.25. The highest BCUT2D eigenvalue weighted by Crippen LogP contribution is 2.15. The number of amides is 3. The average molecular weight is 344 g/mol. The Hall–Kier alpha value is -2.74. The van der Waals surface area contributed by atoms with Crippen LogP contribution in [0.25, 0.3) is 5.69 Å². The second kappa shape index (κ2) is 7.22. The maximum Gasteiger partial charge on any atom is 0.271 e. The van der Waals surface area contributed by atoms with Crippen molar-refractivity contribution in [1.29, 1.82) is 0 Å². The Morgan fingerprint density at radius 2 is 1.83 bits per heavy atom. The summed E-state index contributed by atoms with van der Waals surface area (Å²) in [5, 5.41) is 0. The Bertz CT molecular complexity index is 760. The summed E-state index contributed by atoms with van der Waals surface area (Å²) in [4.78, 5) is 37.1. The van der Waals surface area contributed by atoms with E-state index in [0.29, 0.717) is 22.9 Å². The van der Waals surface area contributed by atoms with Crippen LogP contribution in [0.4, 0.5) is 0 Å². The monoisotopic (exact) mass is 344 g/mol. The fourth-order valence-electron chi connectivity index (χ4n) is 2.33. The summed E-state index contributed by atoms with van der Waals surface area (Å²) >= 11 is 1.46. The van der Waals surface area contributed by atoms with Gasteiger partial charge in [0.25, 0.3) is 11.8 Å². The molecule has 2 aromatic rings. The molecule has 1 aromatic heterocycles. The first-order valence-corrected chi connectivity index (χ1v) is 8.47. The predicted octanol–water partition coefficient (Wildman–Crippen LogP) is 0.771. The zero-order valence-electron chi connectivity index (χ0n) is 12.8. The lowest BCUT2D eigenvalue weighted by molar-refractivity contribution is -0.132. The van der Waals surface area contributed by atoms with Gasteiger partial charge in [0.15, 0.2) is 0 Å². The molecule has 2 heterocycles. The van der Waals surface area contributed by atoms with Crippen LogP contribution in [-0.4, -0.2) is 45.4 Å². The van der Waals surface area contributed by atoms with E-state index in [-0.39, 0.29) is 12.5 Å². The first kappa shape index (κ1) is 16.1. The molecular formula is C16H16N4O3S. The number of rotatable bonds is 4. The molecule has 1 aliphatic heterocycles. The Morgan fingerprint density at radius 3 is 2.54 bits per heavy atom. The van der Waals surface area contributed by atoms with Gasteiger partial charge in [-0.15, -0.1) is 11.8 Å². The van der Waals surface area contributed by atoms with Crippen LogP contribution in [-0.2, 0) is 9.59 Å². The van der Waals surface area contributed by atoms with Crippen molar-refractivity contribution in [3.05, 3.63) is 54.4 Å². The Labute approximate surface area is 143 Å². The third kappa shape index (κ3) is 3.60. The van der Waals surface area contributed by atoms with Crippen molar-refractivity contribution in [2.24, 2.45) is 0 Å². The number of carbonyl (C=O) groups excluding carboxylic acids is 3. The summed E-state index contributed by atoms with van der Waals surface area (Å²) in [6, 6.07) is 10.8. The fourth-order valence-corrected chi connectivity index (χ4v) is 3.24. The van der Waals surface area contributed by atoms with E-state index < -0.39 is 11.8 Å². The Balaban J connectivity index is 1.61. The number of carbonyl (C=O) groups is 3. The van der Waals surface area contributed by atoms with Gasteiger partial charge in [0.2, 0.25) is 5.91 Å². The molecule has 0 unspecified atom stereocenters. The number of nitrogens with zero attached hydrogens (tertiary/aromatic N) is 2. The molecule has 1 aliphatic rings. The van der Waals surface area contributed by atoms with E-state index in [1.54, 1.807) is 12.1 Å². The largest absolute Gasteiger partial charge is 0.323 e. The molecule has 0 bridgehead atoms. The SMILES string of the molecule is O=C(CN1CSCC1=O)NNC(=O)c1ccccc1-n1cccc1. The molecule has 3 amide bonds. The number of benzene rings is 1. The topological polar surface area (TPSA) is 83.4 Å². The fraction of sp³-hybridized carbons (Fsp3) is 0.188. The summed E-state index contributed by atoms with van der Waals surface area (Å²) in [7, 11) is 0. The van der Waals surface area contributed by atoms with Crippen molar-refractivity contribution in [2.45, 2.75) is 0 Å². The van der Waals surface area contributed by atoms with Gasteiger partial charge in [0.05, 0.1) is 22.9 Å². The Kier molecular flexibility index (Phi) is 4.85. The van der Waals surface area contributed by atoms with Gasteiger partial charge in [-0.1, -0.05) is 12.1 Å². The lowest BCUT2D eigenvalue weighted by atomic mass is 10.1. The van der Waals surface area contributed by atoms with Gasteiger partial charge in [-0.2, -0.15) is 0 Å². The number of hydrogen-bond donors (Lipinski definition) is 2. The molecule has 7 nitrogen and oxygen atoms in total. The zero-order valence-corrected chi connectivity index (χ0v) is 13.6. The number of para-hydroxylation sites is 1. The van der Waals surface area contributed by atoms with Crippen molar-refractivity contribution < 1.29 is 14.4 Å². The first-order chi connectivity index (χ1) is 11.6. The van der Waals surface area contributed by atoms with Crippen LogP contribution in [0.2, 0.25) is 0 Å². The van der Waals surface area contributed by atoms with E-state index in [2.05, 4.69) is 10.9 Å². The maximum absolute atomic E-state index is 12.3. The van der Waals surface area contributed by atoms with Crippen molar-refractivity contribution in [3.8, 4) is 5.69 Å². The van der Waals surface area contributed by atoms with E-state index >= 15 is 0 Å². The first-order valence-electron chi connectivity index (χ1n) is 7.32. The molecule has 0 saturated carbocycles. The molecule has 0 radical (unpaired) electrons. The van der Waals surface area contributed by atoms with E-state index in [1.807, 2.05) is 41.2 Å². The third-order valence-corrected chi connectivity index (χ3v) is 4.45. The molecular weight excluding hydrogens is 328 g/mol. The van der Waals surface area contributed by atoms with Gasteiger partial charge < -0.3 is 9.47 Å². The van der Waals surface area contributed by atoms with Gasteiger partial charge >= 0.3 is 0 Å². The normalized spacial score (nSPS) is 13.8. The lowest BCUT2D eigenvalue weighted by Crippen LogP contribution is -2.47. The molecule has 1 aromatic carbocycles. The molecule has 3 rings (SSSR count). The van der Waals surface area contributed by atoms with E-state index in [9.17, 15) is 14.4 Å². The molecule has 124 valence electrons. The predicted molar refractivity (Wildman–Crippen MR) is 90.4 cm³/mol. The molecule has 8 heteroatoms. The summed E-state index contributed by atoms with van der Waals surface area (Å²) in [6.45, 7) is -0.0641. The zero-order chi connectivity index (χ0) is 16.9. The minimum absolute atomic E-state index is 0.0641. The van der Waals surface area contributed by atoms with Gasteiger partial charge in [-0.25, -0.2) is 0 Å². The van der Waals surface area contributed by atoms with Crippen LogP contribution < -0.4 is 10.9 Å². The number of hydrazine groups is 1. The second-order valence-corrected chi connectivity index (χ2v) is 6.13.